The van der Waals surface area contributed by atoms with Crippen LogP contribution >= 0.6 is 0 Å². The zero-order valence-corrected chi connectivity index (χ0v) is 12.3. The monoisotopic (exact) mass is 312 g/mol. The van der Waals surface area contributed by atoms with Gasteiger partial charge in [0, 0.05) is 0 Å². The number of hydrogen-bond acceptors (Lipinski definition) is 5. The Morgan fingerprint density at radius 3 is 2.61 bits per heavy atom. The molecule has 0 aliphatic heterocycles. The average Bonchev–Trinajstić information content (AvgIpc) is 3.09. The molecule has 0 bridgehead atoms. The van der Waals surface area contributed by atoms with Crippen LogP contribution in [0.25, 0.3) is 5.69 Å². The molecule has 2 aromatic carbocycles. The first kappa shape index (κ1) is 14.8. The summed E-state index contributed by atoms with van der Waals surface area (Å²) in [6, 6.07) is 12.7. The van der Waals surface area contributed by atoms with Crippen molar-refractivity contribution in [2.24, 2.45) is 0 Å². The van der Waals surface area contributed by atoms with Crippen molar-refractivity contribution in [3.8, 4) is 5.69 Å². The number of halogens is 1. The van der Waals surface area contributed by atoms with E-state index >= 15 is 0 Å². The molecule has 0 radical (unpaired) electrons. The quantitative estimate of drug-likeness (QED) is 0.693. The van der Waals surface area contributed by atoms with Crippen molar-refractivity contribution in [1.82, 2.24) is 20.2 Å². The standard InChI is InChI=1S/C16H13FN4O2/c1-11(12-6-8-13(17)9-7-12)23-16(22)14-4-2-3-5-15(14)21-10-18-19-20-21/h2-11H,1H3/t11-/m1/s1. The minimum absolute atomic E-state index is 0.337. The second kappa shape index (κ2) is 6.35. The summed E-state index contributed by atoms with van der Waals surface area (Å²) >= 11 is 0. The minimum Gasteiger partial charge on any atom is -0.454 e. The topological polar surface area (TPSA) is 69.9 Å². The molecular weight excluding hydrogens is 299 g/mol. The van der Waals surface area contributed by atoms with Crippen LogP contribution in [0.5, 0.6) is 0 Å². The molecule has 1 aromatic heterocycles. The summed E-state index contributed by atoms with van der Waals surface area (Å²) in [6.07, 6.45) is 0.889. The van der Waals surface area contributed by atoms with E-state index in [1.807, 2.05) is 0 Å². The summed E-state index contributed by atoms with van der Waals surface area (Å²) in [5, 5.41) is 10.9. The van der Waals surface area contributed by atoms with Crippen LogP contribution in [0.2, 0.25) is 0 Å². The van der Waals surface area contributed by atoms with Gasteiger partial charge in [-0.3, -0.25) is 0 Å². The molecule has 23 heavy (non-hydrogen) atoms. The number of ether oxygens (including phenoxy) is 1. The molecule has 0 saturated heterocycles. The van der Waals surface area contributed by atoms with E-state index in [1.54, 1.807) is 43.3 Å². The molecule has 0 saturated carbocycles. The van der Waals surface area contributed by atoms with Gasteiger partial charge in [0.05, 0.1) is 11.3 Å². The van der Waals surface area contributed by atoms with E-state index in [2.05, 4.69) is 15.5 Å². The van der Waals surface area contributed by atoms with Crippen molar-refractivity contribution in [3.05, 3.63) is 71.8 Å². The van der Waals surface area contributed by atoms with Gasteiger partial charge in [-0.05, 0) is 47.2 Å². The van der Waals surface area contributed by atoms with E-state index in [1.165, 1.54) is 23.1 Å². The van der Waals surface area contributed by atoms with E-state index in [0.29, 0.717) is 16.8 Å². The minimum atomic E-state index is -0.509. The molecule has 0 amide bonds. The predicted octanol–water partition coefficient (Wildman–Crippen LogP) is 2.72. The third-order valence-corrected chi connectivity index (χ3v) is 3.34. The normalized spacial score (nSPS) is 11.9. The van der Waals surface area contributed by atoms with Gasteiger partial charge in [0.2, 0.25) is 0 Å². The van der Waals surface area contributed by atoms with Crippen LogP contribution < -0.4 is 0 Å². The maximum atomic E-state index is 13.0. The first-order valence-electron chi connectivity index (χ1n) is 6.94. The van der Waals surface area contributed by atoms with E-state index < -0.39 is 12.1 Å². The number of aromatic nitrogens is 4. The number of carbonyl (C=O) groups excluding carboxylic acids is 1. The molecule has 3 rings (SSSR count). The SMILES string of the molecule is C[C@@H](OC(=O)c1ccccc1-n1cnnn1)c1ccc(F)cc1. The number of carbonyl (C=O) groups is 1. The highest BCUT2D eigenvalue weighted by Gasteiger charge is 2.18. The van der Waals surface area contributed by atoms with E-state index in [4.69, 9.17) is 4.74 Å². The molecule has 3 aromatic rings. The average molecular weight is 312 g/mol. The summed E-state index contributed by atoms with van der Waals surface area (Å²) in [5.41, 5.74) is 1.57. The summed E-state index contributed by atoms with van der Waals surface area (Å²) in [4.78, 5) is 12.4. The smallest absolute Gasteiger partial charge is 0.340 e. The maximum absolute atomic E-state index is 13.0. The van der Waals surface area contributed by atoms with Gasteiger partial charge < -0.3 is 4.74 Å². The molecule has 7 heteroatoms. The van der Waals surface area contributed by atoms with Crippen LogP contribution in [0, 0.1) is 5.82 Å². The van der Waals surface area contributed by atoms with Gasteiger partial charge in [0.1, 0.15) is 18.2 Å². The molecule has 116 valence electrons. The fourth-order valence-electron chi connectivity index (χ4n) is 2.14. The number of esters is 1. The first-order valence-corrected chi connectivity index (χ1v) is 6.94. The fraction of sp³-hybridized carbons (Fsp3) is 0.125. The molecule has 0 aliphatic rings. The first-order chi connectivity index (χ1) is 11.1. The zero-order chi connectivity index (χ0) is 16.2. The van der Waals surface area contributed by atoms with Crippen LogP contribution in [0.4, 0.5) is 4.39 Å². The third-order valence-electron chi connectivity index (χ3n) is 3.34. The van der Waals surface area contributed by atoms with E-state index in [0.717, 1.165) is 0 Å². The molecular formula is C16H13FN4O2. The summed E-state index contributed by atoms with van der Waals surface area (Å²) in [5.74, 6) is -0.843. The highest BCUT2D eigenvalue weighted by molar-refractivity contribution is 5.93. The van der Waals surface area contributed by atoms with Crippen molar-refractivity contribution in [2.75, 3.05) is 0 Å². The molecule has 0 N–H and O–H groups in total. The van der Waals surface area contributed by atoms with Gasteiger partial charge in [-0.25, -0.2) is 9.18 Å². The molecule has 0 aliphatic carbocycles. The second-order valence-electron chi connectivity index (χ2n) is 4.87. The summed E-state index contributed by atoms with van der Waals surface area (Å²) in [7, 11) is 0. The van der Waals surface area contributed by atoms with Crippen LogP contribution in [0.1, 0.15) is 28.9 Å². The number of hydrogen-bond donors (Lipinski definition) is 0. The number of para-hydroxylation sites is 1. The number of tetrazole rings is 1. The summed E-state index contributed by atoms with van der Waals surface area (Å²) < 4.78 is 19.8. The largest absolute Gasteiger partial charge is 0.454 e. The Bertz CT molecular complexity index is 803. The van der Waals surface area contributed by atoms with Gasteiger partial charge in [-0.2, -0.15) is 4.68 Å². The molecule has 1 atom stereocenters. The van der Waals surface area contributed by atoms with Crippen LogP contribution in [-0.2, 0) is 4.74 Å². The number of rotatable bonds is 4. The van der Waals surface area contributed by atoms with Crippen molar-refractivity contribution in [2.45, 2.75) is 13.0 Å². The number of benzene rings is 2. The van der Waals surface area contributed by atoms with Crippen molar-refractivity contribution >= 4 is 5.97 Å². The molecule has 0 fully saturated rings. The van der Waals surface area contributed by atoms with Gasteiger partial charge in [-0.15, -0.1) is 5.10 Å². The van der Waals surface area contributed by atoms with Gasteiger partial charge in [0.25, 0.3) is 0 Å². The lowest BCUT2D eigenvalue weighted by Gasteiger charge is -2.15. The third kappa shape index (κ3) is 3.23. The predicted molar refractivity (Wildman–Crippen MR) is 79.4 cm³/mol. The Balaban J connectivity index is 1.83. The molecule has 1 heterocycles. The van der Waals surface area contributed by atoms with E-state index in [-0.39, 0.29) is 5.82 Å². The molecule has 0 unspecified atom stereocenters. The van der Waals surface area contributed by atoms with Crippen molar-refractivity contribution < 1.29 is 13.9 Å². The van der Waals surface area contributed by atoms with Crippen LogP contribution in [-0.4, -0.2) is 26.2 Å². The lowest BCUT2D eigenvalue weighted by molar-refractivity contribution is 0.0337. The zero-order valence-electron chi connectivity index (χ0n) is 12.3. The van der Waals surface area contributed by atoms with Gasteiger partial charge in [-0.1, -0.05) is 24.3 Å². The lowest BCUT2D eigenvalue weighted by atomic mass is 10.1. The fourth-order valence-corrected chi connectivity index (χ4v) is 2.14. The van der Waals surface area contributed by atoms with Crippen molar-refractivity contribution in [3.63, 3.8) is 0 Å². The Labute approximate surface area is 131 Å². The Morgan fingerprint density at radius 2 is 1.91 bits per heavy atom. The van der Waals surface area contributed by atoms with Gasteiger partial charge in [0.15, 0.2) is 0 Å². The van der Waals surface area contributed by atoms with Crippen LogP contribution in [0.3, 0.4) is 0 Å². The van der Waals surface area contributed by atoms with Gasteiger partial charge >= 0.3 is 5.97 Å². The molecule has 6 nitrogen and oxygen atoms in total. The Morgan fingerprint density at radius 1 is 1.17 bits per heavy atom. The van der Waals surface area contributed by atoms with Crippen LogP contribution in [0.15, 0.2) is 54.9 Å². The van der Waals surface area contributed by atoms with E-state index in [9.17, 15) is 9.18 Å². The molecule has 0 spiro atoms. The highest BCUT2D eigenvalue weighted by atomic mass is 19.1. The Hall–Kier alpha value is -3.09. The van der Waals surface area contributed by atoms with Crippen molar-refractivity contribution in [1.29, 1.82) is 0 Å². The summed E-state index contributed by atoms with van der Waals surface area (Å²) in [6.45, 7) is 1.73. The lowest BCUT2D eigenvalue weighted by Crippen LogP contribution is -2.12. The number of nitrogens with zero attached hydrogens (tertiary/aromatic N) is 4. The Kier molecular flexibility index (Phi) is 4.09. The second-order valence-corrected chi connectivity index (χ2v) is 4.87. The highest BCUT2D eigenvalue weighted by Crippen LogP contribution is 2.21. The maximum Gasteiger partial charge on any atom is 0.340 e.